The summed E-state index contributed by atoms with van der Waals surface area (Å²) in [4.78, 5) is 25.2. The fraction of sp³-hybridized carbons (Fsp3) is 0.0833. The normalized spacial score (nSPS) is 11.1. The van der Waals surface area contributed by atoms with Gasteiger partial charge in [-0.3, -0.25) is 9.59 Å². The average Bonchev–Trinajstić information content (AvgIpc) is 2.78. The molecule has 0 aliphatic rings. The average molecular weight is 396 g/mol. The van der Waals surface area contributed by atoms with Crippen molar-refractivity contribution in [3.8, 4) is 0 Å². The maximum atomic E-state index is 12.8. The van der Waals surface area contributed by atoms with Gasteiger partial charge in [0.2, 0.25) is 0 Å². The number of hydrazone groups is 1. The first-order valence-electron chi connectivity index (χ1n) is 9.60. The molecule has 0 spiro atoms. The second-order valence-electron chi connectivity index (χ2n) is 6.82. The predicted molar refractivity (Wildman–Crippen MR) is 117 cm³/mol. The molecule has 0 aliphatic heterocycles. The van der Waals surface area contributed by atoms with Crippen molar-refractivity contribution < 1.29 is 4.79 Å². The summed E-state index contributed by atoms with van der Waals surface area (Å²) in [6, 6.07) is 26.7. The molecule has 4 aromatic rings. The van der Waals surface area contributed by atoms with Crippen molar-refractivity contribution in [2.45, 2.75) is 13.0 Å². The minimum Gasteiger partial charge on any atom is -0.271 e. The number of rotatable bonds is 6. The van der Waals surface area contributed by atoms with E-state index >= 15 is 0 Å². The minimum absolute atomic E-state index is 0.211. The van der Waals surface area contributed by atoms with Crippen LogP contribution in [0, 0.1) is 0 Å². The molecule has 0 radical (unpaired) electrons. The lowest BCUT2D eigenvalue weighted by molar-refractivity contribution is -0.121. The molecule has 4 rings (SSSR count). The molecule has 0 saturated heterocycles. The summed E-state index contributed by atoms with van der Waals surface area (Å²) in [5.74, 6) is -0.419. The number of fused-ring (bicyclic) bond motifs is 1. The van der Waals surface area contributed by atoms with Gasteiger partial charge in [-0.25, -0.2) is 10.1 Å². The lowest BCUT2D eigenvalue weighted by atomic mass is 10.0. The first-order valence-corrected chi connectivity index (χ1v) is 9.60. The zero-order valence-electron chi connectivity index (χ0n) is 16.2. The molecule has 3 aromatic carbocycles. The van der Waals surface area contributed by atoms with Crippen LogP contribution in [0.25, 0.3) is 10.8 Å². The van der Waals surface area contributed by atoms with Gasteiger partial charge in [-0.05, 0) is 17.2 Å². The lowest BCUT2D eigenvalue weighted by Gasteiger charge is -2.10. The number of nitrogens with zero attached hydrogens (tertiary/aromatic N) is 3. The molecule has 6 nitrogen and oxygen atoms in total. The van der Waals surface area contributed by atoms with Crippen LogP contribution >= 0.6 is 0 Å². The van der Waals surface area contributed by atoms with Crippen LogP contribution in [-0.2, 0) is 17.8 Å². The van der Waals surface area contributed by atoms with Crippen LogP contribution in [-0.4, -0.2) is 21.9 Å². The second kappa shape index (κ2) is 8.96. The molecule has 148 valence electrons. The van der Waals surface area contributed by atoms with Gasteiger partial charge in [0.15, 0.2) is 0 Å². The van der Waals surface area contributed by atoms with E-state index in [-0.39, 0.29) is 12.1 Å². The van der Waals surface area contributed by atoms with E-state index in [4.69, 9.17) is 0 Å². The summed E-state index contributed by atoms with van der Waals surface area (Å²) in [5.41, 5.74) is 4.85. The molecular weight excluding hydrogens is 376 g/mol. The molecule has 0 unspecified atom stereocenters. The van der Waals surface area contributed by atoms with E-state index in [2.05, 4.69) is 15.6 Å². The van der Waals surface area contributed by atoms with Gasteiger partial charge in [0.05, 0.1) is 17.3 Å². The second-order valence-corrected chi connectivity index (χ2v) is 6.82. The Labute approximate surface area is 173 Å². The third-order valence-electron chi connectivity index (χ3n) is 4.65. The lowest BCUT2D eigenvalue weighted by Crippen LogP contribution is -2.32. The topological polar surface area (TPSA) is 76.3 Å². The van der Waals surface area contributed by atoms with E-state index in [0.29, 0.717) is 11.8 Å². The largest absolute Gasteiger partial charge is 0.275 e. The number of nitrogens with one attached hydrogen (secondary N) is 1. The van der Waals surface area contributed by atoms with E-state index in [9.17, 15) is 9.59 Å². The molecule has 1 N–H and O–H groups in total. The minimum atomic E-state index is -0.419. The van der Waals surface area contributed by atoms with E-state index in [1.807, 2.05) is 78.9 Å². The smallest absolute Gasteiger partial charge is 0.271 e. The van der Waals surface area contributed by atoms with Crippen molar-refractivity contribution in [2.75, 3.05) is 0 Å². The summed E-state index contributed by atoms with van der Waals surface area (Å²) in [6.07, 6.45) is 2.12. The fourth-order valence-electron chi connectivity index (χ4n) is 3.22. The number of hydrogen-bond acceptors (Lipinski definition) is 4. The molecule has 0 fully saturated rings. The monoisotopic (exact) mass is 396 g/mol. The summed E-state index contributed by atoms with van der Waals surface area (Å²) in [6.45, 7) is -0.211. The Morgan fingerprint density at radius 3 is 2.27 bits per heavy atom. The van der Waals surface area contributed by atoms with E-state index in [1.165, 1.54) is 4.68 Å². The third kappa shape index (κ3) is 4.50. The highest BCUT2D eigenvalue weighted by Crippen LogP contribution is 2.16. The Bertz CT molecular complexity index is 1250. The zero-order valence-corrected chi connectivity index (χ0v) is 16.2. The van der Waals surface area contributed by atoms with Gasteiger partial charge in [-0.1, -0.05) is 78.9 Å². The van der Waals surface area contributed by atoms with Crippen LogP contribution in [0.4, 0.5) is 0 Å². The number of aromatic nitrogens is 2. The standard InChI is InChI=1S/C24H20N4O2/c29-23(26-25-16-19-11-5-2-6-12-19)17-28-24(30)21-14-8-7-13-20(21)22(27-28)15-18-9-3-1-4-10-18/h1-14,16H,15,17H2,(H,26,29)/b25-16+. The Morgan fingerprint density at radius 2 is 1.53 bits per heavy atom. The summed E-state index contributed by atoms with van der Waals surface area (Å²) in [7, 11) is 0. The number of benzene rings is 3. The van der Waals surface area contributed by atoms with Crippen LogP contribution in [0.15, 0.2) is 94.8 Å². The van der Waals surface area contributed by atoms with Gasteiger partial charge >= 0.3 is 0 Å². The Hall–Kier alpha value is -4.06. The quantitative estimate of drug-likeness (QED) is 0.402. The van der Waals surface area contributed by atoms with E-state index in [0.717, 1.165) is 22.2 Å². The highest BCUT2D eigenvalue weighted by Gasteiger charge is 2.13. The highest BCUT2D eigenvalue weighted by atomic mass is 16.2. The maximum absolute atomic E-state index is 12.8. The van der Waals surface area contributed by atoms with Gasteiger partial charge in [-0.2, -0.15) is 10.2 Å². The molecule has 1 heterocycles. The SMILES string of the molecule is O=C(Cn1nc(Cc2ccccc2)c2ccccc2c1=O)N/N=C/c1ccccc1. The molecule has 1 aromatic heterocycles. The number of carbonyl (C=O) groups excluding carboxylic acids is 1. The fourth-order valence-corrected chi connectivity index (χ4v) is 3.22. The summed E-state index contributed by atoms with van der Waals surface area (Å²) >= 11 is 0. The van der Waals surface area contributed by atoms with Crippen molar-refractivity contribution in [1.82, 2.24) is 15.2 Å². The van der Waals surface area contributed by atoms with Crippen LogP contribution in [0.1, 0.15) is 16.8 Å². The molecule has 1 amide bonds. The van der Waals surface area contributed by atoms with Crippen molar-refractivity contribution in [3.05, 3.63) is 112 Å². The van der Waals surface area contributed by atoms with Crippen molar-refractivity contribution in [1.29, 1.82) is 0 Å². The van der Waals surface area contributed by atoms with Crippen LogP contribution < -0.4 is 11.0 Å². The molecule has 0 atom stereocenters. The molecule has 30 heavy (non-hydrogen) atoms. The number of carbonyl (C=O) groups is 1. The van der Waals surface area contributed by atoms with Gasteiger partial charge in [0.25, 0.3) is 11.5 Å². The van der Waals surface area contributed by atoms with Crippen molar-refractivity contribution in [2.24, 2.45) is 5.10 Å². The molecular formula is C24H20N4O2. The number of hydrogen-bond donors (Lipinski definition) is 1. The summed E-state index contributed by atoms with van der Waals surface area (Å²) in [5, 5.41) is 9.78. The van der Waals surface area contributed by atoms with Crippen LogP contribution in [0.5, 0.6) is 0 Å². The van der Waals surface area contributed by atoms with Gasteiger partial charge < -0.3 is 0 Å². The third-order valence-corrected chi connectivity index (χ3v) is 4.65. The Kier molecular flexibility index (Phi) is 5.75. The zero-order chi connectivity index (χ0) is 20.8. The molecule has 6 heteroatoms. The van der Waals surface area contributed by atoms with E-state index in [1.54, 1.807) is 12.3 Å². The molecule has 0 bridgehead atoms. The molecule has 0 aliphatic carbocycles. The Morgan fingerprint density at radius 1 is 0.900 bits per heavy atom. The highest BCUT2D eigenvalue weighted by molar-refractivity contribution is 5.85. The molecule has 0 saturated carbocycles. The first-order chi connectivity index (χ1) is 14.7. The van der Waals surface area contributed by atoms with Gasteiger partial charge in [-0.15, -0.1) is 0 Å². The predicted octanol–water partition coefficient (Wildman–Crippen LogP) is 3.14. The van der Waals surface area contributed by atoms with Crippen molar-refractivity contribution >= 4 is 22.9 Å². The first kappa shape index (κ1) is 19.3. The number of amides is 1. The van der Waals surface area contributed by atoms with E-state index < -0.39 is 5.91 Å². The van der Waals surface area contributed by atoms with Crippen LogP contribution in [0.3, 0.4) is 0 Å². The van der Waals surface area contributed by atoms with Crippen molar-refractivity contribution in [3.63, 3.8) is 0 Å². The van der Waals surface area contributed by atoms with Gasteiger partial charge in [0, 0.05) is 11.8 Å². The Balaban J connectivity index is 1.59. The van der Waals surface area contributed by atoms with Crippen LogP contribution in [0.2, 0.25) is 0 Å². The summed E-state index contributed by atoms with van der Waals surface area (Å²) < 4.78 is 1.20. The van der Waals surface area contributed by atoms with Gasteiger partial charge in [0.1, 0.15) is 6.54 Å². The maximum Gasteiger partial charge on any atom is 0.275 e.